The molecule has 0 aliphatic carbocycles. The van der Waals surface area contributed by atoms with Crippen molar-refractivity contribution in [3.8, 4) is 0 Å². The predicted octanol–water partition coefficient (Wildman–Crippen LogP) is 7.73. The van der Waals surface area contributed by atoms with E-state index in [0.717, 1.165) is 5.31 Å². The van der Waals surface area contributed by atoms with Crippen LogP contribution < -0.4 is 0 Å². The molecule has 2 unspecified atom stereocenters. The Bertz CT molecular complexity index is 637. The van der Waals surface area contributed by atoms with Crippen molar-refractivity contribution in [2.24, 2.45) is 5.41 Å². The van der Waals surface area contributed by atoms with Gasteiger partial charge in [0.15, 0.2) is 0 Å². The van der Waals surface area contributed by atoms with E-state index in [0.29, 0.717) is 6.04 Å². The summed E-state index contributed by atoms with van der Waals surface area (Å²) in [6.07, 6.45) is 11.1. The van der Waals surface area contributed by atoms with E-state index in [1.165, 1.54) is 36.9 Å². The largest absolute Gasteiger partial charge is 0.348 e. The summed E-state index contributed by atoms with van der Waals surface area (Å²) < 4.78 is 8.65. The van der Waals surface area contributed by atoms with Crippen LogP contribution in [0, 0.1) is 12.3 Å². The van der Waals surface area contributed by atoms with Crippen molar-refractivity contribution in [3.63, 3.8) is 0 Å². The highest BCUT2D eigenvalue weighted by atomic mass is 31.1. The Morgan fingerprint density at radius 2 is 1.93 bits per heavy atom. The first-order chi connectivity index (χ1) is 12.4. The number of hydrogen-bond acceptors (Lipinski definition) is 2. The van der Waals surface area contributed by atoms with E-state index in [9.17, 15) is 0 Å². The zero-order chi connectivity index (χ0) is 20.8. The first kappa shape index (κ1) is 24.1. The molecule has 0 spiro atoms. The molecule has 4 heteroatoms. The molecular formula is C23H41N2OP. The molecule has 0 saturated heterocycles. The smallest absolute Gasteiger partial charge is 0.0721 e. The Hall–Kier alpha value is -0.920. The second-order valence-corrected chi connectivity index (χ2v) is 10.8. The van der Waals surface area contributed by atoms with Crippen molar-refractivity contribution in [3.05, 3.63) is 35.4 Å². The molecule has 1 aromatic rings. The van der Waals surface area contributed by atoms with Gasteiger partial charge in [0.05, 0.1) is 19.9 Å². The molecule has 0 radical (unpaired) electrons. The molecule has 27 heavy (non-hydrogen) atoms. The van der Waals surface area contributed by atoms with E-state index < -0.39 is 8.15 Å². The lowest BCUT2D eigenvalue weighted by atomic mass is 9.79. The van der Waals surface area contributed by atoms with Gasteiger partial charge in [-0.15, -0.1) is 0 Å². The quantitative estimate of drug-likeness (QED) is 0.231. The highest BCUT2D eigenvalue weighted by molar-refractivity contribution is 7.56. The van der Waals surface area contributed by atoms with Gasteiger partial charge in [-0.2, -0.15) is 5.10 Å². The van der Waals surface area contributed by atoms with Crippen LogP contribution in [-0.4, -0.2) is 22.0 Å². The molecule has 0 fully saturated rings. The van der Waals surface area contributed by atoms with Gasteiger partial charge in [0, 0.05) is 22.6 Å². The topological polar surface area (TPSA) is 27.1 Å². The van der Waals surface area contributed by atoms with Gasteiger partial charge < -0.3 is 4.52 Å². The Balaban J connectivity index is 2.98. The van der Waals surface area contributed by atoms with Crippen LogP contribution in [0.3, 0.4) is 0 Å². The van der Waals surface area contributed by atoms with Crippen LogP contribution in [-0.2, 0) is 4.52 Å². The molecule has 0 saturated carbocycles. The second kappa shape index (κ2) is 10.0. The standard InChI is InChI=1S/C23H41N2OP/c1-11-13-14-15-18(3)25-19(4)20(17-24-25)16-21(12-2)27(10)26-23(8,9)22(5,6)7/h12,16-18H,2,11,13-15H2,1,3-10H3/b21-16+. The molecule has 3 nitrogen and oxygen atoms in total. The minimum Gasteiger partial charge on any atom is -0.348 e. The summed E-state index contributed by atoms with van der Waals surface area (Å²) in [4.78, 5) is 0. The Morgan fingerprint density at radius 1 is 1.30 bits per heavy atom. The molecule has 0 bridgehead atoms. The van der Waals surface area contributed by atoms with E-state index in [1.54, 1.807) is 0 Å². The Morgan fingerprint density at radius 3 is 2.44 bits per heavy atom. The molecule has 154 valence electrons. The van der Waals surface area contributed by atoms with Gasteiger partial charge in [0.1, 0.15) is 0 Å². The van der Waals surface area contributed by atoms with Gasteiger partial charge in [0.2, 0.25) is 0 Å². The van der Waals surface area contributed by atoms with Crippen LogP contribution >= 0.6 is 8.15 Å². The van der Waals surface area contributed by atoms with E-state index >= 15 is 0 Å². The SMILES string of the molecule is C=C/C(=C\c1cnn(C(C)CCCCC)c1C)P(C)OC(C)(C)C(C)(C)C. The van der Waals surface area contributed by atoms with Crippen LogP contribution in [0.4, 0.5) is 0 Å². The summed E-state index contributed by atoms with van der Waals surface area (Å²) in [5, 5.41) is 5.82. The lowest BCUT2D eigenvalue weighted by molar-refractivity contribution is 0.0126. The van der Waals surface area contributed by atoms with Gasteiger partial charge in [-0.3, -0.25) is 4.68 Å². The third-order valence-corrected chi connectivity index (χ3v) is 7.54. The van der Waals surface area contributed by atoms with Crippen LogP contribution in [0.2, 0.25) is 0 Å². The monoisotopic (exact) mass is 392 g/mol. The summed E-state index contributed by atoms with van der Waals surface area (Å²) in [5.74, 6) is 0. The molecule has 1 heterocycles. The lowest BCUT2D eigenvalue weighted by Crippen LogP contribution is -2.38. The highest BCUT2D eigenvalue weighted by Crippen LogP contribution is 2.51. The summed E-state index contributed by atoms with van der Waals surface area (Å²) in [6.45, 7) is 23.9. The Labute approximate surface area is 169 Å². The molecule has 0 aromatic carbocycles. The molecule has 1 aromatic heterocycles. The van der Waals surface area contributed by atoms with E-state index in [2.05, 4.69) is 84.5 Å². The fourth-order valence-corrected chi connectivity index (χ4v) is 4.45. The molecule has 0 aliphatic heterocycles. The maximum atomic E-state index is 6.49. The molecule has 1 rings (SSSR count). The zero-order valence-electron chi connectivity index (χ0n) is 19.1. The van der Waals surface area contributed by atoms with Crippen molar-refractivity contribution in [1.29, 1.82) is 0 Å². The summed E-state index contributed by atoms with van der Waals surface area (Å²) in [6, 6.07) is 0.435. The summed E-state index contributed by atoms with van der Waals surface area (Å²) in [5.41, 5.74) is 2.25. The van der Waals surface area contributed by atoms with Gasteiger partial charge in [0.25, 0.3) is 0 Å². The van der Waals surface area contributed by atoms with E-state index in [4.69, 9.17) is 4.52 Å². The fraction of sp³-hybridized carbons (Fsp3) is 0.696. The van der Waals surface area contributed by atoms with Crippen molar-refractivity contribution in [2.45, 2.75) is 92.7 Å². The minimum atomic E-state index is -0.744. The first-order valence-electron chi connectivity index (χ1n) is 10.3. The van der Waals surface area contributed by atoms with Crippen LogP contribution in [0.25, 0.3) is 6.08 Å². The second-order valence-electron chi connectivity index (χ2n) is 9.10. The number of unbranched alkanes of at least 4 members (excludes halogenated alkanes) is 2. The van der Waals surface area contributed by atoms with Gasteiger partial charge >= 0.3 is 0 Å². The maximum Gasteiger partial charge on any atom is 0.0721 e. The van der Waals surface area contributed by atoms with Crippen molar-refractivity contribution in [2.75, 3.05) is 6.66 Å². The Kier molecular flexibility index (Phi) is 8.96. The van der Waals surface area contributed by atoms with Gasteiger partial charge in [-0.25, -0.2) is 0 Å². The molecule has 2 atom stereocenters. The highest BCUT2D eigenvalue weighted by Gasteiger charge is 2.35. The first-order valence-corrected chi connectivity index (χ1v) is 12.0. The number of allylic oxidation sites excluding steroid dienone is 2. The zero-order valence-corrected chi connectivity index (χ0v) is 20.0. The number of aromatic nitrogens is 2. The van der Waals surface area contributed by atoms with E-state index in [-0.39, 0.29) is 11.0 Å². The third kappa shape index (κ3) is 6.57. The van der Waals surface area contributed by atoms with Crippen LogP contribution in [0.5, 0.6) is 0 Å². The average molecular weight is 393 g/mol. The summed E-state index contributed by atoms with van der Waals surface area (Å²) >= 11 is 0. The molecule has 0 N–H and O–H groups in total. The maximum absolute atomic E-state index is 6.49. The number of nitrogens with zero attached hydrogens (tertiary/aromatic N) is 2. The fourth-order valence-electron chi connectivity index (χ4n) is 2.80. The average Bonchev–Trinajstić information content (AvgIpc) is 2.91. The van der Waals surface area contributed by atoms with Crippen molar-refractivity contribution in [1.82, 2.24) is 9.78 Å². The van der Waals surface area contributed by atoms with Gasteiger partial charge in [-0.05, 0) is 52.3 Å². The minimum absolute atomic E-state index is 0.0740. The van der Waals surface area contributed by atoms with Crippen molar-refractivity contribution < 1.29 is 4.52 Å². The molecule has 0 aliphatic rings. The van der Waals surface area contributed by atoms with E-state index in [1.807, 2.05) is 12.3 Å². The predicted molar refractivity (Wildman–Crippen MR) is 121 cm³/mol. The number of rotatable bonds is 10. The molecule has 0 amide bonds. The summed E-state index contributed by atoms with van der Waals surface area (Å²) in [7, 11) is -0.744. The van der Waals surface area contributed by atoms with Crippen LogP contribution in [0.15, 0.2) is 24.2 Å². The molecular weight excluding hydrogens is 351 g/mol. The third-order valence-electron chi connectivity index (χ3n) is 5.77. The normalized spacial score (nSPS) is 15.7. The van der Waals surface area contributed by atoms with Gasteiger partial charge in [-0.1, -0.05) is 59.6 Å². The lowest BCUT2D eigenvalue weighted by Gasteiger charge is -2.40. The van der Waals surface area contributed by atoms with Crippen LogP contribution in [0.1, 0.15) is 91.4 Å². The van der Waals surface area contributed by atoms with Crippen molar-refractivity contribution >= 4 is 14.2 Å². The number of hydrogen-bond donors (Lipinski definition) is 0.